The smallest absolute Gasteiger partial charge is 0.267 e. The van der Waals surface area contributed by atoms with Gasteiger partial charge in [0.25, 0.3) is 5.91 Å². The zero-order valence-corrected chi connectivity index (χ0v) is 8.47. The first-order valence-corrected chi connectivity index (χ1v) is 4.65. The van der Waals surface area contributed by atoms with Crippen molar-refractivity contribution in [3.63, 3.8) is 0 Å². The first-order valence-electron chi connectivity index (χ1n) is 4.21. The van der Waals surface area contributed by atoms with Gasteiger partial charge in [-0.05, 0) is 13.0 Å². The fourth-order valence-electron chi connectivity index (χ4n) is 0.909. The second-order valence-electron chi connectivity index (χ2n) is 2.92. The topological polar surface area (TPSA) is 62.0 Å². The number of carbonyl (C=O) groups excluding carboxylic acids is 1. The first kappa shape index (κ1) is 10.8. The van der Waals surface area contributed by atoms with Crippen molar-refractivity contribution in [2.75, 3.05) is 6.54 Å². The van der Waals surface area contributed by atoms with Crippen molar-refractivity contribution in [1.82, 2.24) is 10.3 Å². The Balaban J connectivity index is 2.65. The Morgan fingerprint density at radius 1 is 1.64 bits per heavy atom. The summed E-state index contributed by atoms with van der Waals surface area (Å²) in [5.74, 6) is -0.324. The second kappa shape index (κ2) is 4.81. The summed E-state index contributed by atoms with van der Waals surface area (Å²) in [7, 11) is 0. The van der Waals surface area contributed by atoms with Crippen LogP contribution in [0.1, 0.15) is 17.4 Å². The molecule has 14 heavy (non-hydrogen) atoms. The van der Waals surface area contributed by atoms with E-state index in [0.717, 1.165) is 0 Å². The van der Waals surface area contributed by atoms with Crippen LogP contribution in [0.4, 0.5) is 0 Å². The van der Waals surface area contributed by atoms with Gasteiger partial charge in [-0.2, -0.15) is 0 Å². The van der Waals surface area contributed by atoms with Gasteiger partial charge in [0.1, 0.15) is 5.69 Å². The van der Waals surface area contributed by atoms with Gasteiger partial charge in [0.2, 0.25) is 5.56 Å². The quantitative estimate of drug-likeness (QED) is 0.729. The van der Waals surface area contributed by atoms with Gasteiger partial charge in [-0.25, -0.2) is 0 Å². The monoisotopic (exact) mass is 214 g/mol. The standard InChI is InChI=1S/C9H11ClN2O2/c1-6(10)5-11-9(14)7-3-2-4-8(13)12-7/h2-4,6H,5H2,1H3,(H,11,14)(H,12,13). The zero-order chi connectivity index (χ0) is 10.6. The number of hydrogen-bond acceptors (Lipinski definition) is 2. The Bertz CT molecular complexity index is 373. The second-order valence-corrected chi connectivity index (χ2v) is 3.66. The van der Waals surface area contributed by atoms with Crippen molar-refractivity contribution >= 4 is 17.5 Å². The zero-order valence-electron chi connectivity index (χ0n) is 7.71. The number of alkyl halides is 1. The number of aromatic nitrogens is 1. The summed E-state index contributed by atoms with van der Waals surface area (Å²) < 4.78 is 0. The highest BCUT2D eigenvalue weighted by molar-refractivity contribution is 6.20. The predicted octanol–water partition coefficient (Wildman–Crippen LogP) is 0.732. The van der Waals surface area contributed by atoms with E-state index in [0.29, 0.717) is 6.54 Å². The van der Waals surface area contributed by atoms with Gasteiger partial charge in [-0.3, -0.25) is 9.59 Å². The average molecular weight is 215 g/mol. The summed E-state index contributed by atoms with van der Waals surface area (Å²) in [4.78, 5) is 24.7. The van der Waals surface area contributed by atoms with Crippen molar-refractivity contribution in [3.05, 3.63) is 34.2 Å². The molecule has 5 heteroatoms. The van der Waals surface area contributed by atoms with Crippen LogP contribution in [0.5, 0.6) is 0 Å². The molecule has 4 nitrogen and oxygen atoms in total. The van der Waals surface area contributed by atoms with Gasteiger partial charge in [0.15, 0.2) is 0 Å². The van der Waals surface area contributed by atoms with Crippen LogP contribution < -0.4 is 10.9 Å². The van der Waals surface area contributed by atoms with E-state index < -0.39 is 0 Å². The minimum atomic E-state index is -0.324. The van der Waals surface area contributed by atoms with E-state index in [1.807, 2.05) is 0 Å². The van der Waals surface area contributed by atoms with Crippen LogP contribution in [0.15, 0.2) is 23.0 Å². The van der Waals surface area contributed by atoms with E-state index in [1.165, 1.54) is 18.2 Å². The Kier molecular flexibility index (Phi) is 3.71. The summed E-state index contributed by atoms with van der Waals surface area (Å²) >= 11 is 5.65. The molecule has 0 saturated carbocycles. The van der Waals surface area contributed by atoms with Gasteiger partial charge in [0.05, 0.1) is 0 Å². The molecule has 1 atom stereocenters. The number of H-pyrrole nitrogens is 1. The number of rotatable bonds is 3. The van der Waals surface area contributed by atoms with Gasteiger partial charge in [-0.1, -0.05) is 6.07 Å². The number of halogens is 1. The van der Waals surface area contributed by atoms with Crippen molar-refractivity contribution in [1.29, 1.82) is 0 Å². The number of hydrogen-bond donors (Lipinski definition) is 2. The molecule has 1 unspecified atom stereocenters. The number of amides is 1. The lowest BCUT2D eigenvalue weighted by Gasteiger charge is -2.05. The maximum absolute atomic E-state index is 11.4. The maximum atomic E-state index is 11.4. The fourth-order valence-corrected chi connectivity index (χ4v) is 0.986. The van der Waals surface area contributed by atoms with Crippen molar-refractivity contribution < 1.29 is 4.79 Å². The summed E-state index contributed by atoms with van der Waals surface area (Å²) in [6.45, 7) is 2.15. The molecule has 0 aliphatic carbocycles. The maximum Gasteiger partial charge on any atom is 0.267 e. The average Bonchev–Trinajstić information content (AvgIpc) is 2.14. The summed E-state index contributed by atoms with van der Waals surface area (Å²) in [5, 5.41) is 2.45. The molecule has 76 valence electrons. The third-order valence-corrected chi connectivity index (χ3v) is 1.71. The Morgan fingerprint density at radius 2 is 2.36 bits per heavy atom. The number of carbonyl (C=O) groups is 1. The Morgan fingerprint density at radius 3 is 2.93 bits per heavy atom. The van der Waals surface area contributed by atoms with Crippen LogP contribution in [0, 0.1) is 0 Å². The molecule has 0 bridgehead atoms. The predicted molar refractivity (Wildman–Crippen MR) is 54.7 cm³/mol. The van der Waals surface area contributed by atoms with Crippen LogP contribution in [0.3, 0.4) is 0 Å². The van der Waals surface area contributed by atoms with Crippen molar-refractivity contribution in [2.45, 2.75) is 12.3 Å². The molecule has 1 heterocycles. The number of pyridine rings is 1. The lowest BCUT2D eigenvalue weighted by atomic mass is 10.3. The lowest BCUT2D eigenvalue weighted by Crippen LogP contribution is -2.30. The van der Waals surface area contributed by atoms with Crippen LogP contribution in [0.2, 0.25) is 0 Å². The molecule has 0 aliphatic heterocycles. The molecule has 1 rings (SSSR count). The largest absolute Gasteiger partial charge is 0.349 e. The normalized spacial score (nSPS) is 12.1. The van der Waals surface area contributed by atoms with E-state index in [1.54, 1.807) is 6.92 Å². The summed E-state index contributed by atoms with van der Waals surface area (Å²) in [6.07, 6.45) is 0. The Hall–Kier alpha value is -1.29. The van der Waals surface area contributed by atoms with E-state index in [4.69, 9.17) is 11.6 Å². The number of nitrogens with one attached hydrogen (secondary N) is 2. The molecule has 0 radical (unpaired) electrons. The lowest BCUT2D eigenvalue weighted by molar-refractivity contribution is 0.0948. The van der Waals surface area contributed by atoms with Gasteiger partial charge >= 0.3 is 0 Å². The molecule has 1 amide bonds. The van der Waals surface area contributed by atoms with Crippen molar-refractivity contribution in [3.8, 4) is 0 Å². The SMILES string of the molecule is CC(Cl)CNC(=O)c1cccc(=O)[nH]1. The third kappa shape index (κ3) is 3.22. The van der Waals surface area contributed by atoms with Gasteiger partial charge in [-0.15, -0.1) is 11.6 Å². The summed E-state index contributed by atoms with van der Waals surface area (Å²) in [5.41, 5.74) is -0.0496. The van der Waals surface area contributed by atoms with E-state index in [9.17, 15) is 9.59 Å². The minimum Gasteiger partial charge on any atom is -0.349 e. The van der Waals surface area contributed by atoms with E-state index in [2.05, 4.69) is 10.3 Å². The molecule has 0 saturated heterocycles. The highest BCUT2D eigenvalue weighted by atomic mass is 35.5. The minimum absolute atomic E-state index is 0.130. The fraction of sp³-hybridized carbons (Fsp3) is 0.333. The molecule has 1 aromatic rings. The highest BCUT2D eigenvalue weighted by Gasteiger charge is 2.06. The van der Waals surface area contributed by atoms with Gasteiger partial charge < -0.3 is 10.3 Å². The van der Waals surface area contributed by atoms with E-state index >= 15 is 0 Å². The van der Waals surface area contributed by atoms with Gasteiger partial charge in [0, 0.05) is 18.0 Å². The Labute approximate surface area is 86.3 Å². The molecule has 2 N–H and O–H groups in total. The molecule has 0 fully saturated rings. The molecule has 1 aromatic heterocycles. The molecular weight excluding hydrogens is 204 g/mol. The first-order chi connectivity index (χ1) is 6.59. The van der Waals surface area contributed by atoms with Crippen LogP contribution in [-0.2, 0) is 0 Å². The molecule has 0 aliphatic rings. The van der Waals surface area contributed by atoms with Crippen LogP contribution in [-0.4, -0.2) is 22.8 Å². The van der Waals surface area contributed by atoms with Crippen molar-refractivity contribution in [2.24, 2.45) is 0 Å². The molecule has 0 spiro atoms. The third-order valence-electron chi connectivity index (χ3n) is 1.56. The molecular formula is C9H11ClN2O2. The van der Waals surface area contributed by atoms with Crippen LogP contribution in [0.25, 0.3) is 0 Å². The summed E-state index contributed by atoms with van der Waals surface area (Å²) in [6, 6.07) is 4.41. The van der Waals surface area contributed by atoms with Crippen LogP contribution >= 0.6 is 11.6 Å². The molecule has 0 aromatic carbocycles. The highest BCUT2D eigenvalue weighted by Crippen LogP contribution is 1.93. The van der Waals surface area contributed by atoms with E-state index in [-0.39, 0.29) is 22.5 Å². The number of aromatic amines is 1.